The third kappa shape index (κ3) is 7.89. The standard InChI is InChI=1S/2C5H15O7PS/c2*1-5-13(9-2,10-3,11-4)12-14(6,7)8/h2*5H2,1-4H3,(H,6,7,8). The molecule has 0 amide bonds. The minimum absolute atomic E-state index is 0.0227. The van der Waals surface area contributed by atoms with E-state index in [1.54, 1.807) is 13.8 Å². The average molecular weight is 500 g/mol. The maximum atomic E-state index is 10.6. The summed E-state index contributed by atoms with van der Waals surface area (Å²) in [5.74, 6) is 0. The Morgan fingerprint density at radius 3 is 0.786 bits per heavy atom. The van der Waals surface area contributed by atoms with Gasteiger partial charge in [0.15, 0.2) is 0 Å². The van der Waals surface area contributed by atoms with Crippen LogP contribution in [0.3, 0.4) is 0 Å². The molecule has 0 aromatic rings. The predicted octanol–water partition coefficient (Wildman–Crippen LogP) is 1.96. The molecule has 0 spiro atoms. The van der Waals surface area contributed by atoms with Gasteiger partial charge in [0.2, 0.25) is 0 Å². The van der Waals surface area contributed by atoms with Crippen molar-refractivity contribution in [2.24, 2.45) is 0 Å². The fourth-order valence-corrected chi connectivity index (χ4v) is 9.53. The Bertz CT molecular complexity index is 578. The molecule has 2 N–H and O–H groups in total. The molecular formula is C10H30O14P2S2. The molecule has 0 bridgehead atoms. The Morgan fingerprint density at radius 2 is 0.750 bits per heavy atom. The molecule has 0 aliphatic heterocycles. The summed E-state index contributed by atoms with van der Waals surface area (Å²) in [7, 11) is -10.7. The van der Waals surface area contributed by atoms with E-state index in [1.165, 1.54) is 42.7 Å². The second kappa shape index (κ2) is 10.6. The van der Waals surface area contributed by atoms with Crippen LogP contribution in [0.2, 0.25) is 0 Å². The van der Waals surface area contributed by atoms with E-state index >= 15 is 0 Å². The Hall–Kier alpha value is 0.360. The van der Waals surface area contributed by atoms with Crippen LogP contribution in [0.4, 0.5) is 0 Å². The Balaban J connectivity index is 0. The van der Waals surface area contributed by atoms with Gasteiger partial charge in [-0.2, -0.15) is 0 Å². The monoisotopic (exact) mass is 500 g/mol. The van der Waals surface area contributed by atoms with Crippen molar-refractivity contribution in [3.63, 3.8) is 0 Å². The molecule has 0 fully saturated rings. The van der Waals surface area contributed by atoms with Gasteiger partial charge in [0, 0.05) is 0 Å². The number of hydrogen-bond acceptors (Lipinski definition) is 12. The molecule has 14 nitrogen and oxygen atoms in total. The Kier molecular flexibility index (Phi) is 11.6. The first-order valence-corrected chi connectivity index (χ1v) is 14.2. The van der Waals surface area contributed by atoms with Gasteiger partial charge in [-0.15, -0.1) is 0 Å². The van der Waals surface area contributed by atoms with Crippen LogP contribution in [0, 0.1) is 0 Å². The summed E-state index contributed by atoms with van der Waals surface area (Å²) in [6.45, 7) is 3.11. The molecule has 0 rings (SSSR count). The molecule has 176 valence electrons. The molecule has 0 saturated heterocycles. The maximum absolute atomic E-state index is 10.6. The van der Waals surface area contributed by atoms with Gasteiger partial charge in [0.25, 0.3) is 0 Å². The first-order valence-electron chi connectivity index (χ1n) is 7.32. The molecule has 0 aromatic carbocycles. The van der Waals surface area contributed by atoms with Crippen LogP contribution in [-0.4, -0.2) is 80.9 Å². The normalized spacial score (nSPS) is 16.2. The SMILES string of the molecule is CCP(OC)(OC)(OC)OS(=O)(=O)O.CCP(OC)(OC)(OC)OS(=O)(=O)O. The third-order valence-corrected chi connectivity index (χ3v) is 13.7. The van der Waals surface area contributed by atoms with E-state index in [9.17, 15) is 16.8 Å². The van der Waals surface area contributed by atoms with E-state index < -0.39 is 35.8 Å². The summed E-state index contributed by atoms with van der Waals surface area (Å²) >= 11 is 0. The van der Waals surface area contributed by atoms with Crippen LogP contribution in [0.5, 0.6) is 0 Å². The molecule has 18 heteroatoms. The van der Waals surface area contributed by atoms with Gasteiger partial charge in [-0.25, -0.2) is 0 Å². The van der Waals surface area contributed by atoms with Crippen LogP contribution >= 0.6 is 15.0 Å². The summed E-state index contributed by atoms with van der Waals surface area (Å²) in [5, 5.41) is 0. The Labute approximate surface area is 166 Å². The van der Waals surface area contributed by atoms with Gasteiger partial charge < -0.3 is 0 Å². The van der Waals surface area contributed by atoms with E-state index in [0.717, 1.165) is 0 Å². The van der Waals surface area contributed by atoms with E-state index in [2.05, 4.69) is 7.94 Å². The van der Waals surface area contributed by atoms with Crippen LogP contribution in [-0.2, 0) is 55.9 Å². The summed E-state index contributed by atoms with van der Waals surface area (Å²) in [4.78, 5) is 0. The quantitative estimate of drug-likeness (QED) is 0.293. The topological polar surface area (TPSA) is 183 Å². The van der Waals surface area contributed by atoms with Crippen molar-refractivity contribution in [3.05, 3.63) is 0 Å². The zero-order chi connectivity index (χ0) is 23.0. The van der Waals surface area contributed by atoms with Crippen LogP contribution in [0.15, 0.2) is 0 Å². The van der Waals surface area contributed by atoms with Gasteiger partial charge in [-0.05, 0) is 0 Å². The van der Waals surface area contributed by atoms with Crippen molar-refractivity contribution in [2.45, 2.75) is 13.8 Å². The van der Waals surface area contributed by atoms with E-state index in [-0.39, 0.29) is 12.3 Å². The third-order valence-electron chi connectivity index (χ3n) is 3.63. The van der Waals surface area contributed by atoms with Gasteiger partial charge in [0.05, 0.1) is 0 Å². The Morgan fingerprint density at radius 1 is 0.571 bits per heavy atom. The molecule has 0 radical (unpaired) electrons. The second-order valence-corrected chi connectivity index (χ2v) is 14.9. The minimum atomic E-state index is -4.71. The van der Waals surface area contributed by atoms with Gasteiger partial charge >= 0.3 is 166 Å². The van der Waals surface area contributed by atoms with Crippen LogP contribution < -0.4 is 0 Å². The van der Waals surface area contributed by atoms with Crippen molar-refractivity contribution in [2.75, 3.05) is 55.0 Å². The van der Waals surface area contributed by atoms with Gasteiger partial charge in [-0.3, -0.25) is 0 Å². The van der Waals surface area contributed by atoms with Crippen molar-refractivity contribution in [1.82, 2.24) is 0 Å². The molecule has 28 heavy (non-hydrogen) atoms. The van der Waals surface area contributed by atoms with E-state index in [4.69, 9.17) is 36.2 Å². The van der Waals surface area contributed by atoms with Crippen LogP contribution in [0.25, 0.3) is 0 Å². The van der Waals surface area contributed by atoms with E-state index in [0.29, 0.717) is 0 Å². The molecule has 0 aromatic heterocycles. The van der Waals surface area contributed by atoms with Crippen LogP contribution in [0.1, 0.15) is 13.8 Å². The van der Waals surface area contributed by atoms with Crippen molar-refractivity contribution in [3.8, 4) is 0 Å². The predicted molar refractivity (Wildman–Crippen MR) is 102 cm³/mol. The summed E-state index contributed by atoms with van der Waals surface area (Å²) in [6.07, 6.45) is 0.0454. The fourth-order valence-electron chi connectivity index (χ4n) is 1.87. The second-order valence-electron chi connectivity index (χ2n) is 4.66. The first kappa shape index (κ1) is 30.6. The summed E-state index contributed by atoms with van der Waals surface area (Å²) < 4.78 is 97.7. The zero-order valence-corrected chi connectivity index (χ0v) is 20.3. The zero-order valence-electron chi connectivity index (χ0n) is 16.9. The molecule has 0 saturated carbocycles. The van der Waals surface area contributed by atoms with Crippen molar-refractivity contribution < 1.29 is 61.0 Å². The first-order chi connectivity index (χ1) is 12.5. The fraction of sp³-hybridized carbons (Fsp3) is 1.00. The van der Waals surface area contributed by atoms with Crippen molar-refractivity contribution in [1.29, 1.82) is 0 Å². The van der Waals surface area contributed by atoms with Gasteiger partial charge in [0.1, 0.15) is 0 Å². The molecule has 0 aliphatic carbocycles. The molecule has 0 atom stereocenters. The number of rotatable bonds is 12. The molecule has 0 aliphatic rings. The van der Waals surface area contributed by atoms with Crippen molar-refractivity contribution >= 4 is 35.8 Å². The summed E-state index contributed by atoms with van der Waals surface area (Å²) in [5.41, 5.74) is 0. The molecular weight excluding hydrogens is 470 g/mol. The van der Waals surface area contributed by atoms with Gasteiger partial charge in [-0.1, -0.05) is 0 Å². The summed E-state index contributed by atoms with van der Waals surface area (Å²) in [6, 6.07) is 0. The van der Waals surface area contributed by atoms with E-state index in [1.807, 2.05) is 0 Å². The average Bonchev–Trinajstić information content (AvgIpc) is 2.64. The molecule has 0 heterocycles. The molecule has 0 unspecified atom stereocenters. The number of hydrogen-bond donors (Lipinski definition) is 2.